The molecule has 0 atom stereocenters. The molecule has 0 bridgehead atoms. The van der Waals surface area contributed by atoms with Gasteiger partial charge in [-0.3, -0.25) is 25.2 Å². The third-order valence-electron chi connectivity index (χ3n) is 4.73. The predicted octanol–water partition coefficient (Wildman–Crippen LogP) is 1.94. The van der Waals surface area contributed by atoms with Gasteiger partial charge in [-0.1, -0.05) is 18.2 Å². The van der Waals surface area contributed by atoms with Gasteiger partial charge in [0.25, 0.3) is 11.8 Å². The number of nitrogens with zero attached hydrogens (tertiary/aromatic N) is 1. The summed E-state index contributed by atoms with van der Waals surface area (Å²) < 4.78 is 0. The molecule has 3 N–H and O–H groups in total. The molecule has 0 radical (unpaired) electrons. The predicted molar refractivity (Wildman–Crippen MR) is 108 cm³/mol. The van der Waals surface area contributed by atoms with E-state index in [9.17, 15) is 14.4 Å². The number of benzene rings is 2. The number of hydrogen-bond donors (Lipinski definition) is 3. The van der Waals surface area contributed by atoms with Crippen molar-refractivity contribution in [2.45, 2.75) is 17.7 Å². The number of hydrazine groups is 1. The van der Waals surface area contributed by atoms with Crippen molar-refractivity contribution < 1.29 is 14.4 Å². The van der Waals surface area contributed by atoms with Crippen molar-refractivity contribution in [2.24, 2.45) is 0 Å². The minimum absolute atomic E-state index is 0.0924. The molecular weight excluding hydrogens is 376 g/mol. The summed E-state index contributed by atoms with van der Waals surface area (Å²) in [4.78, 5) is 39.1. The molecule has 2 aromatic carbocycles. The third kappa shape index (κ3) is 3.96. The Morgan fingerprint density at radius 2 is 2.00 bits per heavy atom. The molecule has 7 nitrogen and oxygen atoms in total. The maximum atomic E-state index is 12.3. The molecule has 28 heavy (non-hydrogen) atoms. The van der Waals surface area contributed by atoms with Gasteiger partial charge in [0.15, 0.2) is 0 Å². The molecule has 2 aromatic rings. The first kappa shape index (κ1) is 18.4. The summed E-state index contributed by atoms with van der Waals surface area (Å²) in [7, 11) is 0. The lowest BCUT2D eigenvalue weighted by Gasteiger charge is -2.30. The van der Waals surface area contributed by atoms with Gasteiger partial charge in [-0.05, 0) is 42.7 Å². The van der Waals surface area contributed by atoms with E-state index in [2.05, 4.69) is 22.2 Å². The molecule has 0 aromatic heterocycles. The van der Waals surface area contributed by atoms with Gasteiger partial charge >= 0.3 is 0 Å². The molecule has 3 amide bonds. The molecular formula is C20H20N4O3S. The quantitative estimate of drug-likeness (QED) is 0.690. The Morgan fingerprint density at radius 3 is 2.89 bits per heavy atom. The molecule has 2 heterocycles. The van der Waals surface area contributed by atoms with Crippen molar-refractivity contribution in [3.05, 3.63) is 53.6 Å². The molecule has 0 unspecified atom stereocenters. The van der Waals surface area contributed by atoms with Gasteiger partial charge in [0.05, 0.1) is 18.0 Å². The summed E-state index contributed by atoms with van der Waals surface area (Å²) in [6.07, 6.45) is 2.01. The van der Waals surface area contributed by atoms with Crippen LogP contribution in [0, 0.1) is 0 Å². The largest absolute Gasteiger partial charge is 0.362 e. The van der Waals surface area contributed by atoms with Gasteiger partial charge in [0.2, 0.25) is 5.91 Å². The molecule has 2 aliphatic heterocycles. The van der Waals surface area contributed by atoms with Crippen LogP contribution in [0.2, 0.25) is 0 Å². The minimum atomic E-state index is -0.431. The van der Waals surface area contributed by atoms with Gasteiger partial charge in [-0.15, -0.1) is 11.8 Å². The molecule has 144 valence electrons. The van der Waals surface area contributed by atoms with Gasteiger partial charge in [-0.25, -0.2) is 0 Å². The van der Waals surface area contributed by atoms with Crippen molar-refractivity contribution in [2.75, 3.05) is 29.1 Å². The maximum absolute atomic E-state index is 12.3. The van der Waals surface area contributed by atoms with E-state index in [1.54, 1.807) is 18.2 Å². The zero-order valence-corrected chi connectivity index (χ0v) is 16.0. The molecule has 0 saturated heterocycles. The Bertz CT molecular complexity index is 947. The Morgan fingerprint density at radius 1 is 1.14 bits per heavy atom. The first-order valence-electron chi connectivity index (χ1n) is 9.09. The summed E-state index contributed by atoms with van der Waals surface area (Å²) in [6, 6.07) is 13.1. The van der Waals surface area contributed by atoms with Crippen molar-refractivity contribution in [3.8, 4) is 0 Å². The summed E-state index contributed by atoms with van der Waals surface area (Å²) in [6.45, 7) is 0.981. The van der Waals surface area contributed by atoms with Crippen molar-refractivity contribution in [3.63, 3.8) is 0 Å². The van der Waals surface area contributed by atoms with E-state index in [4.69, 9.17) is 0 Å². The minimum Gasteiger partial charge on any atom is -0.362 e. The number of para-hydroxylation sites is 1. The second-order valence-corrected chi connectivity index (χ2v) is 7.72. The van der Waals surface area contributed by atoms with Crippen LogP contribution in [0.4, 0.5) is 11.4 Å². The number of fused-ring (bicyclic) bond motifs is 2. The van der Waals surface area contributed by atoms with Crippen molar-refractivity contribution >= 4 is 40.9 Å². The van der Waals surface area contributed by atoms with Crippen molar-refractivity contribution in [1.29, 1.82) is 0 Å². The maximum Gasteiger partial charge on any atom is 0.269 e. The van der Waals surface area contributed by atoms with Crippen LogP contribution < -0.4 is 21.1 Å². The molecule has 0 aliphatic carbocycles. The highest BCUT2D eigenvalue weighted by atomic mass is 32.2. The summed E-state index contributed by atoms with van der Waals surface area (Å²) >= 11 is 1.43. The van der Waals surface area contributed by atoms with Crippen molar-refractivity contribution in [1.82, 2.24) is 10.9 Å². The van der Waals surface area contributed by atoms with Gasteiger partial charge in [-0.2, -0.15) is 0 Å². The number of amides is 3. The van der Waals surface area contributed by atoms with Crippen LogP contribution in [-0.2, 0) is 16.0 Å². The molecule has 2 aliphatic rings. The zero-order chi connectivity index (χ0) is 19.5. The van der Waals surface area contributed by atoms with Crippen LogP contribution in [0.3, 0.4) is 0 Å². The molecule has 4 rings (SSSR count). The monoisotopic (exact) mass is 396 g/mol. The molecule has 0 saturated carbocycles. The second kappa shape index (κ2) is 7.93. The fraction of sp³-hybridized carbons (Fsp3) is 0.250. The number of nitrogens with one attached hydrogen (secondary N) is 3. The normalized spacial score (nSPS) is 15.1. The SMILES string of the molecule is O=C(CN1CCCc2ccccc21)NNC(=O)c1ccc2c(c1)NC(=O)CS2. The zero-order valence-electron chi connectivity index (χ0n) is 15.2. The van der Waals surface area contributed by atoms with Crippen LogP contribution >= 0.6 is 11.8 Å². The Labute approximate surface area is 166 Å². The van der Waals surface area contributed by atoms with Gasteiger partial charge in [0, 0.05) is 22.7 Å². The first-order chi connectivity index (χ1) is 13.6. The molecule has 0 fully saturated rings. The topological polar surface area (TPSA) is 90.5 Å². The van der Waals surface area contributed by atoms with E-state index in [1.807, 2.05) is 23.1 Å². The fourth-order valence-corrected chi connectivity index (χ4v) is 4.20. The smallest absolute Gasteiger partial charge is 0.269 e. The Hall–Kier alpha value is -3.00. The van der Waals surface area contributed by atoms with Gasteiger partial charge in [0.1, 0.15) is 0 Å². The highest BCUT2D eigenvalue weighted by molar-refractivity contribution is 8.00. The standard InChI is InChI=1S/C20H20N4O3S/c25-18(11-24-9-3-5-13-4-1-2-6-16(13)24)22-23-20(27)14-7-8-17-15(10-14)21-19(26)12-28-17/h1-2,4,6-8,10H,3,5,9,11-12H2,(H,21,26)(H,22,25)(H,23,27). The number of rotatable bonds is 3. The lowest BCUT2D eigenvalue weighted by molar-refractivity contribution is -0.120. The molecule has 0 spiro atoms. The Kier molecular flexibility index (Phi) is 5.21. The van der Waals surface area contributed by atoms with Crippen LogP contribution in [0.5, 0.6) is 0 Å². The van der Waals surface area contributed by atoms with E-state index < -0.39 is 5.91 Å². The van der Waals surface area contributed by atoms with E-state index in [-0.39, 0.29) is 18.4 Å². The third-order valence-corrected chi connectivity index (χ3v) is 5.80. The van der Waals surface area contributed by atoms with Crippen LogP contribution in [-0.4, -0.2) is 36.6 Å². The first-order valence-corrected chi connectivity index (χ1v) is 10.1. The summed E-state index contributed by atoms with van der Waals surface area (Å²) in [5.74, 6) is -0.439. The van der Waals surface area contributed by atoms with E-state index >= 15 is 0 Å². The van der Waals surface area contributed by atoms with E-state index in [0.717, 1.165) is 30.0 Å². The van der Waals surface area contributed by atoms with Crippen LogP contribution in [0.25, 0.3) is 0 Å². The number of aryl methyl sites for hydroxylation is 1. The van der Waals surface area contributed by atoms with Gasteiger partial charge < -0.3 is 10.2 Å². The summed E-state index contributed by atoms with van der Waals surface area (Å²) in [5, 5.41) is 2.75. The Balaban J connectivity index is 1.35. The average molecular weight is 396 g/mol. The average Bonchev–Trinajstić information content (AvgIpc) is 2.71. The van der Waals surface area contributed by atoms with E-state index in [0.29, 0.717) is 17.0 Å². The number of thioether (sulfide) groups is 1. The summed E-state index contributed by atoms with van der Waals surface area (Å²) in [5.41, 5.74) is 8.21. The number of hydrogen-bond acceptors (Lipinski definition) is 5. The van der Waals surface area contributed by atoms with E-state index in [1.165, 1.54) is 17.3 Å². The van der Waals surface area contributed by atoms with Crippen LogP contribution in [0.1, 0.15) is 22.3 Å². The lowest BCUT2D eigenvalue weighted by Crippen LogP contribution is -2.47. The number of carbonyl (C=O) groups is 3. The van der Waals surface area contributed by atoms with Crippen LogP contribution in [0.15, 0.2) is 47.4 Å². The fourth-order valence-electron chi connectivity index (χ4n) is 3.41. The number of anilines is 2. The second-order valence-electron chi connectivity index (χ2n) is 6.70. The highest BCUT2D eigenvalue weighted by Gasteiger charge is 2.20. The lowest BCUT2D eigenvalue weighted by atomic mass is 10.0. The highest BCUT2D eigenvalue weighted by Crippen LogP contribution is 2.32. The molecule has 8 heteroatoms. The number of carbonyl (C=O) groups excluding carboxylic acids is 3.